The molecular formula is C16H13F3O2. The summed E-state index contributed by atoms with van der Waals surface area (Å²) < 4.78 is 43.5. The molecule has 1 atom stereocenters. The van der Waals surface area contributed by atoms with Crippen LogP contribution in [0, 0.1) is 0 Å². The molecule has 0 aliphatic carbocycles. The van der Waals surface area contributed by atoms with Crippen LogP contribution in [-0.4, -0.2) is 11.7 Å². The molecule has 0 saturated heterocycles. The molecule has 2 aromatic rings. The monoisotopic (exact) mass is 294 g/mol. The van der Waals surface area contributed by atoms with Gasteiger partial charge in [-0.2, -0.15) is 13.2 Å². The fourth-order valence-electron chi connectivity index (χ4n) is 2.45. The molecule has 110 valence electrons. The van der Waals surface area contributed by atoms with E-state index in [0.717, 1.165) is 29.9 Å². The highest BCUT2D eigenvalue weighted by Gasteiger charge is 2.31. The molecule has 5 heteroatoms. The van der Waals surface area contributed by atoms with Gasteiger partial charge in [0.15, 0.2) is 0 Å². The summed E-state index contributed by atoms with van der Waals surface area (Å²) in [7, 11) is 0. The van der Waals surface area contributed by atoms with E-state index in [4.69, 9.17) is 4.74 Å². The van der Waals surface area contributed by atoms with Crippen LogP contribution in [0.25, 0.3) is 0 Å². The molecule has 3 rings (SSSR count). The standard InChI is InChI=1S/C16H13F3O2/c17-16(18,19)13-3-1-2-11(9-13)15(20)12-4-5-14-10(8-12)6-7-21-14/h1-5,8-9,15,20H,6-7H2. The van der Waals surface area contributed by atoms with Gasteiger partial charge in [-0.15, -0.1) is 0 Å². The second-order valence-electron chi connectivity index (χ2n) is 4.99. The number of aliphatic hydroxyl groups excluding tert-OH is 1. The average Bonchev–Trinajstić information content (AvgIpc) is 2.93. The SMILES string of the molecule is OC(c1cccc(C(F)(F)F)c1)c1ccc2c(c1)CCO2. The van der Waals surface area contributed by atoms with Crippen molar-refractivity contribution >= 4 is 0 Å². The van der Waals surface area contributed by atoms with Crippen molar-refractivity contribution in [3.05, 3.63) is 64.7 Å². The molecule has 1 N–H and O–H groups in total. The summed E-state index contributed by atoms with van der Waals surface area (Å²) in [6.07, 6.45) is -4.75. The summed E-state index contributed by atoms with van der Waals surface area (Å²) in [4.78, 5) is 0. The zero-order valence-corrected chi connectivity index (χ0v) is 11.0. The summed E-state index contributed by atoms with van der Waals surface area (Å²) in [5.74, 6) is 0.773. The van der Waals surface area contributed by atoms with Gasteiger partial charge in [0.1, 0.15) is 11.9 Å². The number of hydrogen-bond donors (Lipinski definition) is 1. The average molecular weight is 294 g/mol. The number of halogens is 3. The number of hydrogen-bond acceptors (Lipinski definition) is 2. The van der Waals surface area contributed by atoms with Gasteiger partial charge in [0.25, 0.3) is 0 Å². The van der Waals surface area contributed by atoms with Crippen molar-refractivity contribution in [2.75, 3.05) is 6.61 Å². The second kappa shape index (κ2) is 5.07. The Kier molecular flexibility index (Phi) is 3.37. The Bertz CT molecular complexity index is 665. The van der Waals surface area contributed by atoms with Crippen LogP contribution in [-0.2, 0) is 12.6 Å². The number of ether oxygens (including phenoxy) is 1. The molecule has 0 amide bonds. The zero-order valence-electron chi connectivity index (χ0n) is 11.0. The quantitative estimate of drug-likeness (QED) is 0.914. The lowest BCUT2D eigenvalue weighted by molar-refractivity contribution is -0.137. The lowest BCUT2D eigenvalue weighted by Crippen LogP contribution is -2.07. The molecular weight excluding hydrogens is 281 g/mol. The highest BCUT2D eigenvalue weighted by atomic mass is 19.4. The number of alkyl halides is 3. The minimum absolute atomic E-state index is 0.226. The number of rotatable bonds is 2. The van der Waals surface area contributed by atoms with E-state index in [9.17, 15) is 18.3 Å². The molecule has 2 nitrogen and oxygen atoms in total. The minimum atomic E-state index is -4.42. The van der Waals surface area contributed by atoms with E-state index in [-0.39, 0.29) is 5.56 Å². The highest BCUT2D eigenvalue weighted by molar-refractivity contribution is 5.43. The van der Waals surface area contributed by atoms with Gasteiger partial charge in [0, 0.05) is 6.42 Å². The summed E-state index contributed by atoms with van der Waals surface area (Å²) in [5.41, 5.74) is 1.00. The van der Waals surface area contributed by atoms with Crippen molar-refractivity contribution in [3.63, 3.8) is 0 Å². The van der Waals surface area contributed by atoms with Gasteiger partial charge < -0.3 is 9.84 Å². The molecule has 1 aliphatic rings. The molecule has 0 fully saturated rings. The van der Waals surface area contributed by atoms with Crippen LogP contribution in [0.2, 0.25) is 0 Å². The number of aliphatic hydroxyl groups is 1. The molecule has 21 heavy (non-hydrogen) atoms. The normalized spacial score (nSPS) is 15.4. The van der Waals surface area contributed by atoms with E-state index < -0.39 is 17.8 Å². The first kappa shape index (κ1) is 13.9. The van der Waals surface area contributed by atoms with Crippen molar-refractivity contribution in [3.8, 4) is 5.75 Å². The lowest BCUT2D eigenvalue weighted by Gasteiger charge is -2.15. The summed E-state index contributed by atoms with van der Waals surface area (Å²) in [6, 6.07) is 9.97. The molecule has 0 saturated carbocycles. The van der Waals surface area contributed by atoms with E-state index in [0.29, 0.717) is 12.2 Å². The third kappa shape index (κ3) is 2.74. The number of benzene rings is 2. The van der Waals surface area contributed by atoms with E-state index in [1.165, 1.54) is 12.1 Å². The number of fused-ring (bicyclic) bond motifs is 1. The van der Waals surface area contributed by atoms with Crippen LogP contribution in [0.3, 0.4) is 0 Å². The Labute approximate surface area is 119 Å². The van der Waals surface area contributed by atoms with Crippen LogP contribution >= 0.6 is 0 Å². The van der Waals surface area contributed by atoms with Crippen LogP contribution in [0.1, 0.15) is 28.4 Å². The predicted molar refractivity (Wildman–Crippen MR) is 71.1 cm³/mol. The largest absolute Gasteiger partial charge is 0.493 e. The minimum Gasteiger partial charge on any atom is -0.493 e. The second-order valence-corrected chi connectivity index (χ2v) is 4.99. The molecule has 0 spiro atoms. The Morgan fingerprint density at radius 3 is 2.57 bits per heavy atom. The summed E-state index contributed by atoms with van der Waals surface area (Å²) in [6.45, 7) is 0.596. The van der Waals surface area contributed by atoms with Crippen LogP contribution in [0.15, 0.2) is 42.5 Å². The molecule has 0 radical (unpaired) electrons. The van der Waals surface area contributed by atoms with Crippen molar-refractivity contribution in [1.29, 1.82) is 0 Å². The predicted octanol–water partition coefficient (Wildman–Crippen LogP) is 3.72. The van der Waals surface area contributed by atoms with Gasteiger partial charge in [-0.25, -0.2) is 0 Å². The molecule has 2 aromatic carbocycles. The van der Waals surface area contributed by atoms with Gasteiger partial charge in [-0.1, -0.05) is 18.2 Å². The van der Waals surface area contributed by atoms with Gasteiger partial charge in [-0.3, -0.25) is 0 Å². The Balaban J connectivity index is 1.93. The maximum atomic E-state index is 12.7. The zero-order chi connectivity index (χ0) is 15.0. The van der Waals surface area contributed by atoms with Gasteiger partial charge in [-0.05, 0) is 41.0 Å². The fraction of sp³-hybridized carbons (Fsp3) is 0.250. The summed E-state index contributed by atoms with van der Waals surface area (Å²) >= 11 is 0. The van der Waals surface area contributed by atoms with E-state index in [2.05, 4.69) is 0 Å². The van der Waals surface area contributed by atoms with Crippen molar-refractivity contribution < 1.29 is 23.0 Å². The van der Waals surface area contributed by atoms with Gasteiger partial charge in [0.05, 0.1) is 12.2 Å². The highest BCUT2D eigenvalue weighted by Crippen LogP contribution is 2.34. The van der Waals surface area contributed by atoms with E-state index in [1.54, 1.807) is 18.2 Å². The summed E-state index contributed by atoms with van der Waals surface area (Å²) in [5, 5.41) is 10.3. The Morgan fingerprint density at radius 1 is 1.05 bits per heavy atom. The van der Waals surface area contributed by atoms with Crippen molar-refractivity contribution in [2.24, 2.45) is 0 Å². The first-order chi connectivity index (χ1) is 9.95. The molecule has 1 heterocycles. The van der Waals surface area contributed by atoms with Crippen LogP contribution < -0.4 is 4.74 Å². The maximum Gasteiger partial charge on any atom is 0.416 e. The molecule has 0 bridgehead atoms. The van der Waals surface area contributed by atoms with E-state index >= 15 is 0 Å². The van der Waals surface area contributed by atoms with Crippen LogP contribution in [0.5, 0.6) is 5.75 Å². The third-order valence-electron chi connectivity index (χ3n) is 3.56. The molecule has 1 unspecified atom stereocenters. The van der Waals surface area contributed by atoms with Crippen LogP contribution in [0.4, 0.5) is 13.2 Å². The van der Waals surface area contributed by atoms with Crippen molar-refractivity contribution in [2.45, 2.75) is 18.7 Å². The first-order valence-electron chi connectivity index (χ1n) is 6.56. The van der Waals surface area contributed by atoms with E-state index in [1.807, 2.05) is 0 Å². The van der Waals surface area contributed by atoms with Gasteiger partial charge >= 0.3 is 6.18 Å². The van der Waals surface area contributed by atoms with Crippen molar-refractivity contribution in [1.82, 2.24) is 0 Å². The fourth-order valence-corrected chi connectivity index (χ4v) is 2.45. The smallest absolute Gasteiger partial charge is 0.416 e. The first-order valence-corrected chi connectivity index (χ1v) is 6.56. The Hall–Kier alpha value is -2.01. The molecule has 1 aliphatic heterocycles. The third-order valence-corrected chi connectivity index (χ3v) is 3.56. The topological polar surface area (TPSA) is 29.5 Å². The molecule has 0 aromatic heterocycles. The Morgan fingerprint density at radius 2 is 1.81 bits per heavy atom. The van der Waals surface area contributed by atoms with Gasteiger partial charge in [0.2, 0.25) is 0 Å². The maximum absolute atomic E-state index is 12.7. The lowest BCUT2D eigenvalue weighted by atomic mass is 9.97.